The summed E-state index contributed by atoms with van der Waals surface area (Å²) in [5.41, 5.74) is -0.248. The molecule has 2 aromatic rings. The van der Waals surface area contributed by atoms with E-state index in [1.165, 1.54) is 18.2 Å². The second kappa shape index (κ2) is 9.92. The summed E-state index contributed by atoms with van der Waals surface area (Å²) in [4.78, 5) is 14.5. The molecule has 0 bridgehead atoms. The highest BCUT2D eigenvalue weighted by atomic mass is 79.9. The molecular formula is C16H15BrClF2N3O5. The van der Waals surface area contributed by atoms with Crippen molar-refractivity contribution in [2.45, 2.75) is 25.2 Å². The largest absolute Gasteiger partial charge is 0.434 e. The number of benzene rings is 1. The Morgan fingerprint density at radius 2 is 2.07 bits per heavy atom. The fourth-order valence-corrected chi connectivity index (χ4v) is 3.27. The average molecular weight is 483 g/mol. The van der Waals surface area contributed by atoms with Crippen LogP contribution in [0.25, 0.3) is 0 Å². The molecule has 1 aromatic heterocycles. The molecule has 0 saturated heterocycles. The molecule has 8 nitrogen and oxygen atoms in total. The molecule has 0 spiro atoms. The van der Waals surface area contributed by atoms with Crippen LogP contribution < -0.4 is 10.1 Å². The van der Waals surface area contributed by atoms with Gasteiger partial charge in [0.15, 0.2) is 0 Å². The maximum Gasteiger partial charge on any atom is 0.387 e. The van der Waals surface area contributed by atoms with Crippen LogP contribution in [0.3, 0.4) is 0 Å². The van der Waals surface area contributed by atoms with E-state index in [-0.39, 0.29) is 28.7 Å². The number of nitrogens with one attached hydrogen (secondary N) is 1. The van der Waals surface area contributed by atoms with E-state index in [0.29, 0.717) is 4.47 Å². The summed E-state index contributed by atoms with van der Waals surface area (Å²) >= 11 is 9.05. The fourth-order valence-electron chi connectivity index (χ4n) is 2.50. The predicted octanol–water partition coefficient (Wildman–Crippen LogP) is 3.90. The lowest BCUT2D eigenvalue weighted by Crippen LogP contribution is -2.23. The molecule has 0 aliphatic carbocycles. The second-order valence-corrected chi connectivity index (χ2v) is 6.80. The smallest absolute Gasteiger partial charge is 0.387 e. The first-order valence-corrected chi connectivity index (χ1v) is 8.99. The summed E-state index contributed by atoms with van der Waals surface area (Å²) in [7, 11) is 0. The van der Waals surface area contributed by atoms with Crippen molar-refractivity contribution in [3.8, 4) is 5.75 Å². The van der Waals surface area contributed by atoms with Crippen molar-refractivity contribution in [1.82, 2.24) is 4.98 Å². The Kier molecular flexibility index (Phi) is 7.87. The van der Waals surface area contributed by atoms with Gasteiger partial charge in [-0.25, -0.2) is 4.98 Å². The molecule has 0 aliphatic rings. The number of anilines is 1. The lowest BCUT2D eigenvalue weighted by molar-refractivity contribution is -0.384. The molecule has 2 rings (SSSR count). The van der Waals surface area contributed by atoms with Crippen LogP contribution in [0, 0.1) is 10.1 Å². The Labute approximate surface area is 171 Å². The van der Waals surface area contributed by atoms with Crippen molar-refractivity contribution in [3.05, 3.63) is 55.6 Å². The molecule has 12 heteroatoms. The minimum atomic E-state index is -3.12. The van der Waals surface area contributed by atoms with Crippen molar-refractivity contribution in [1.29, 1.82) is 0 Å². The number of pyridine rings is 1. The number of nitrogens with zero attached hydrogens (tertiary/aromatic N) is 2. The topological polar surface area (TPSA) is 118 Å². The SMILES string of the molecule is O=[N+]([O-])c1ccc(Cl)nc1N[C@H](CC(O)CO)c1c(Br)cccc1OC(F)F. The zero-order chi connectivity index (χ0) is 20.8. The quantitative estimate of drug-likeness (QED) is 0.282. The number of hydrogen-bond acceptors (Lipinski definition) is 7. The Morgan fingerprint density at radius 3 is 2.68 bits per heavy atom. The fraction of sp³-hybridized carbons (Fsp3) is 0.312. The maximum absolute atomic E-state index is 12.8. The van der Waals surface area contributed by atoms with Gasteiger partial charge in [0.05, 0.1) is 23.7 Å². The Balaban J connectivity index is 2.54. The van der Waals surface area contributed by atoms with Gasteiger partial charge in [-0.05, 0) is 18.2 Å². The van der Waals surface area contributed by atoms with E-state index in [1.807, 2.05) is 0 Å². The lowest BCUT2D eigenvalue weighted by Gasteiger charge is -2.25. The molecule has 2 atom stereocenters. The normalized spacial score (nSPS) is 13.2. The van der Waals surface area contributed by atoms with E-state index in [4.69, 9.17) is 11.6 Å². The number of halogens is 4. The highest BCUT2D eigenvalue weighted by Crippen LogP contribution is 2.38. The number of rotatable bonds is 9. The van der Waals surface area contributed by atoms with Crippen LogP contribution in [0.2, 0.25) is 5.15 Å². The van der Waals surface area contributed by atoms with E-state index >= 15 is 0 Å². The van der Waals surface area contributed by atoms with Crippen molar-refractivity contribution in [3.63, 3.8) is 0 Å². The Hall–Kier alpha value is -2.08. The van der Waals surface area contributed by atoms with Gasteiger partial charge in [0.2, 0.25) is 5.82 Å². The van der Waals surface area contributed by atoms with Crippen LogP contribution in [-0.4, -0.2) is 39.4 Å². The molecule has 0 fully saturated rings. The van der Waals surface area contributed by atoms with Gasteiger partial charge in [0.1, 0.15) is 10.9 Å². The highest BCUT2D eigenvalue weighted by Gasteiger charge is 2.27. The monoisotopic (exact) mass is 481 g/mol. The Morgan fingerprint density at radius 1 is 1.36 bits per heavy atom. The third kappa shape index (κ3) is 5.71. The summed E-state index contributed by atoms with van der Waals surface area (Å²) < 4.78 is 30.5. The Bertz CT molecular complexity index is 846. The summed E-state index contributed by atoms with van der Waals surface area (Å²) in [6.45, 7) is -3.73. The lowest BCUT2D eigenvalue weighted by atomic mass is 9.99. The first-order chi connectivity index (χ1) is 13.2. The first kappa shape index (κ1) is 22.2. The van der Waals surface area contributed by atoms with Gasteiger partial charge in [-0.15, -0.1) is 0 Å². The van der Waals surface area contributed by atoms with Crippen LogP contribution >= 0.6 is 27.5 Å². The van der Waals surface area contributed by atoms with Crippen molar-refractivity contribution >= 4 is 39.0 Å². The van der Waals surface area contributed by atoms with Gasteiger partial charge in [-0.1, -0.05) is 33.6 Å². The zero-order valence-electron chi connectivity index (χ0n) is 14.1. The average Bonchev–Trinajstić information content (AvgIpc) is 2.60. The summed E-state index contributed by atoms with van der Waals surface area (Å²) in [5.74, 6) is -0.442. The van der Waals surface area contributed by atoms with Gasteiger partial charge in [0.25, 0.3) is 0 Å². The molecule has 28 heavy (non-hydrogen) atoms. The third-order valence-corrected chi connectivity index (χ3v) is 4.55. The molecule has 0 amide bonds. The standard InChI is InChI=1S/C16H15BrClF2N3O5/c17-9-2-1-3-12(28-16(19)20)14(9)10(6-8(25)7-24)21-15-11(23(26)27)4-5-13(18)22-15/h1-5,8,10,16,24-25H,6-7H2,(H,21,22)/t8?,10-/m1/s1. The predicted molar refractivity (Wildman–Crippen MR) is 101 cm³/mol. The molecule has 0 radical (unpaired) electrons. The van der Waals surface area contributed by atoms with E-state index in [9.17, 15) is 29.1 Å². The molecular weight excluding hydrogens is 468 g/mol. The van der Waals surface area contributed by atoms with Crippen molar-refractivity contribution in [2.75, 3.05) is 11.9 Å². The first-order valence-electron chi connectivity index (χ1n) is 7.82. The zero-order valence-corrected chi connectivity index (χ0v) is 16.4. The van der Waals surface area contributed by atoms with E-state index < -0.39 is 36.0 Å². The number of ether oxygens (including phenoxy) is 1. The van der Waals surface area contributed by atoms with Crippen molar-refractivity contribution < 1.29 is 28.7 Å². The highest BCUT2D eigenvalue weighted by molar-refractivity contribution is 9.10. The number of hydrogen-bond donors (Lipinski definition) is 3. The van der Waals surface area contributed by atoms with Crippen LogP contribution in [-0.2, 0) is 0 Å². The number of alkyl halides is 2. The van der Waals surface area contributed by atoms with Crippen LogP contribution in [0.5, 0.6) is 5.75 Å². The van der Waals surface area contributed by atoms with Gasteiger partial charge in [0, 0.05) is 22.5 Å². The van der Waals surface area contributed by atoms with Gasteiger partial charge >= 0.3 is 12.3 Å². The minimum Gasteiger partial charge on any atom is -0.434 e. The van der Waals surface area contributed by atoms with Crippen LogP contribution in [0.1, 0.15) is 18.0 Å². The van der Waals surface area contributed by atoms with E-state index in [1.54, 1.807) is 6.07 Å². The van der Waals surface area contributed by atoms with E-state index in [2.05, 4.69) is 31.0 Å². The molecule has 152 valence electrons. The molecule has 0 aliphatic heterocycles. The minimum absolute atomic E-state index is 0.0364. The third-order valence-electron chi connectivity index (χ3n) is 3.64. The maximum atomic E-state index is 12.8. The van der Waals surface area contributed by atoms with E-state index in [0.717, 1.165) is 6.07 Å². The second-order valence-electron chi connectivity index (χ2n) is 5.56. The molecule has 1 heterocycles. The summed E-state index contributed by atoms with van der Waals surface area (Å²) in [5, 5.41) is 33.0. The van der Waals surface area contributed by atoms with Gasteiger partial charge in [-0.3, -0.25) is 10.1 Å². The van der Waals surface area contributed by atoms with Gasteiger partial charge < -0.3 is 20.3 Å². The van der Waals surface area contributed by atoms with Crippen molar-refractivity contribution in [2.24, 2.45) is 0 Å². The van der Waals surface area contributed by atoms with Crippen LogP contribution in [0.4, 0.5) is 20.3 Å². The summed E-state index contributed by atoms with van der Waals surface area (Å²) in [6, 6.07) is 5.67. The number of aliphatic hydroxyl groups excluding tert-OH is 2. The van der Waals surface area contributed by atoms with Crippen LogP contribution in [0.15, 0.2) is 34.8 Å². The van der Waals surface area contributed by atoms with Gasteiger partial charge in [-0.2, -0.15) is 8.78 Å². The number of aliphatic hydroxyl groups is 2. The molecule has 1 unspecified atom stereocenters. The molecule has 3 N–H and O–H groups in total. The summed E-state index contributed by atoms with van der Waals surface area (Å²) in [6.07, 6.45) is -1.44. The molecule has 0 saturated carbocycles. The number of aromatic nitrogens is 1. The molecule has 1 aromatic carbocycles. The number of nitro groups is 1.